The summed E-state index contributed by atoms with van der Waals surface area (Å²) >= 11 is 1.43. The van der Waals surface area contributed by atoms with Gasteiger partial charge in [-0.25, -0.2) is 0 Å². The third-order valence-electron chi connectivity index (χ3n) is 6.13. The van der Waals surface area contributed by atoms with E-state index >= 15 is 0 Å². The smallest absolute Gasteiger partial charge is 0.236 e. The van der Waals surface area contributed by atoms with E-state index in [9.17, 15) is 4.79 Å². The number of hydrogen-bond acceptors (Lipinski definition) is 6. The Hall–Kier alpha value is -3.13. The zero-order valence-electron chi connectivity index (χ0n) is 18.7. The molecule has 0 unspecified atom stereocenters. The molecule has 170 valence electrons. The van der Waals surface area contributed by atoms with Crippen molar-refractivity contribution in [3.05, 3.63) is 65.7 Å². The number of aromatic nitrogens is 4. The summed E-state index contributed by atoms with van der Waals surface area (Å²) in [5, 5.41) is 19.0. The second-order valence-corrected chi connectivity index (χ2v) is 9.48. The standard InChI is InChI=1S/C25H27N5O2S/c1-17-14-22(29-32-17)26-24(31)16-33-25-28-27-23(30(25)20-11-3-2-4-12-20)15-19-10-7-9-18-8-5-6-13-21(18)19/h5-10,13-14,20H,2-4,11-12,15-16H2,1H3,(H,26,29,31). The number of rotatable bonds is 7. The number of hydrogen-bond donors (Lipinski definition) is 1. The molecule has 8 heteroatoms. The van der Waals surface area contributed by atoms with E-state index in [2.05, 4.69) is 67.7 Å². The lowest BCUT2D eigenvalue weighted by atomic mass is 9.95. The number of benzene rings is 2. The Kier molecular flexibility index (Phi) is 6.44. The predicted octanol–water partition coefficient (Wildman–Crippen LogP) is 5.55. The molecule has 0 aliphatic heterocycles. The van der Waals surface area contributed by atoms with Crippen LogP contribution >= 0.6 is 11.8 Å². The van der Waals surface area contributed by atoms with Gasteiger partial charge in [0.2, 0.25) is 5.91 Å². The predicted molar refractivity (Wildman–Crippen MR) is 129 cm³/mol. The summed E-state index contributed by atoms with van der Waals surface area (Å²) in [4.78, 5) is 12.5. The molecule has 0 radical (unpaired) electrons. The lowest BCUT2D eigenvalue weighted by Gasteiger charge is -2.25. The maximum Gasteiger partial charge on any atom is 0.236 e. The maximum atomic E-state index is 12.5. The van der Waals surface area contributed by atoms with E-state index in [0.29, 0.717) is 17.6 Å². The third-order valence-corrected chi connectivity index (χ3v) is 7.07. The van der Waals surface area contributed by atoms with Crippen molar-refractivity contribution in [1.82, 2.24) is 19.9 Å². The normalized spacial score (nSPS) is 14.6. The summed E-state index contributed by atoms with van der Waals surface area (Å²) in [6.45, 7) is 1.79. The Balaban J connectivity index is 1.38. The largest absolute Gasteiger partial charge is 0.360 e. The average Bonchev–Trinajstić information content (AvgIpc) is 3.44. The van der Waals surface area contributed by atoms with E-state index in [1.54, 1.807) is 13.0 Å². The van der Waals surface area contributed by atoms with Crippen molar-refractivity contribution in [2.24, 2.45) is 0 Å². The molecule has 1 fully saturated rings. The summed E-state index contributed by atoms with van der Waals surface area (Å²) in [7, 11) is 0. The van der Waals surface area contributed by atoms with E-state index in [1.165, 1.54) is 47.4 Å². The first-order chi connectivity index (χ1) is 16.2. The fourth-order valence-corrected chi connectivity index (χ4v) is 5.41. The van der Waals surface area contributed by atoms with Gasteiger partial charge >= 0.3 is 0 Å². The van der Waals surface area contributed by atoms with Crippen molar-refractivity contribution < 1.29 is 9.32 Å². The lowest BCUT2D eigenvalue weighted by molar-refractivity contribution is -0.113. The number of nitrogens with one attached hydrogen (secondary N) is 1. The molecule has 0 atom stereocenters. The topological polar surface area (TPSA) is 85.8 Å². The molecule has 1 N–H and O–H groups in total. The molecule has 1 saturated carbocycles. The molecule has 2 heterocycles. The molecule has 0 bridgehead atoms. The first kappa shape index (κ1) is 21.7. The highest BCUT2D eigenvalue weighted by Gasteiger charge is 2.24. The Bertz CT molecular complexity index is 1250. The van der Waals surface area contributed by atoms with Gasteiger partial charge in [0.05, 0.1) is 5.75 Å². The Morgan fingerprint density at radius 1 is 1.12 bits per heavy atom. The highest BCUT2D eigenvalue weighted by atomic mass is 32.2. The van der Waals surface area contributed by atoms with Crippen molar-refractivity contribution in [2.75, 3.05) is 11.1 Å². The molecule has 4 aromatic rings. The van der Waals surface area contributed by atoms with Crippen molar-refractivity contribution in [3.8, 4) is 0 Å². The number of anilines is 1. The average molecular weight is 462 g/mol. The minimum absolute atomic E-state index is 0.137. The molecule has 5 rings (SSSR count). The van der Waals surface area contributed by atoms with Gasteiger partial charge in [0.1, 0.15) is 11.6 Å². The van der Waals surface area contributed by atoms with Gasteiger partial charge in [-0.05, 0) is 36.1 Å². The number of aryl methyl sites for hydroxylation is 1. The second kappa shape index (κ2) is 9.79. The van der Waals surface area contributed by atoms with Crippen molar-refractivity contribution in [2.45, 2.75) is 56.6 Å². The zero-order valence-corrected chi connectivity index (χ0v) is 19.5. The summed E-state index contributed by atoms with van der Waals surface area (Å²) in [5.41, 5.74) is 1.24. The first-order valence-electron chi connectivity index (χ1n) is 11.4. The van der Waals surface area contributed by atoms with Crippen LogP contribution in [0.3, 0.4) is 0 Å². The zero-order chi connectivity index (χ0) is 22.6. The van der Waals surface area contributed by atoms with Crippen LogP contribution in [0.2, 0.25) is 0 Å². The Morgan fingerprint density at radius 2 is 1.94 bits per heavy atom. The fourth-order valence-electron chi connectivity index (χ4n) is 4.58. The van der Waals surface area contributed by atoms with Gasteiger partial charge in [0.15, 0.2) is 11.0 Å². The monoisotopic (exact) mass is 461 g/mol. The molecule has 1 aliphatic rings. The van der Waals surface area contributed by atoms with Crippen LogP contribution in [0.25, 0.3) is 10.8 Å². The van der Waals surface area contributed by atoms with Crippen LogP contribution in [0, 0.1) is 6.92 Å². The minimum Gasteiger partial charge on any atom is -0.360 e. The van der Waals surface area contributed by atoms with Crippen molar-refractivity contribution in [1.29, 1.82) is 0 Å². The molecular formula is C25H27N5O2S. The summed E-state index contributed by atoms with van der Waals surface area (Å²) in [5.74, 6) is 2.16. The van der Waals surface area contributed by atoms with Gasteiger partial charge in [-0.1, -0.05) is 78.6 Å². The van der Waals surface area contributed by atoms with Crippen LogP contribution in [0.5, 0.6) is 0 Å². The SMILES string of the molecule is Cc1cc(NC(=O)CSc2nnc(Cc3cccc4ccccc34)n2C2CCCCC2)no1. The summed E-state index contributed by atoms with van der Waals surface area (Å²) in [6.07, 6.45) is 6.67. The van der Waals surface area contributed by atoms with Gasteiger partial charge in [0.25, 0.3) is 0 Å². The second-order valence-electron chi connectivity index (χ2n) is 8.54. The van der Waals surface area contributed by atoms with E-state index in [4.69, 9.17) is 4.52 Å². The molecule has 1 amide bonds. The van der Waals surface area contributed by atoms with Gasteiger partial charge in [0, 0.05) is 18.5 Å². The van der Waals surface area contributed by atoms with Crippen LogP contribution in [-0.2, 0) is 11.2 Å². The van der Waals surface area contributed by atoms with Gasteiger partial charge < -0.3 is 14.4 Å². The van der Waals surface area contributed by atoms with E-state index in [-0.39, 0.29) is 11.7 Å². The molecular weight excluding hydrogens is 434 g/mol. The van der Waals surface area contributed by atoms with Crippen molar-refractivity contribution >= 4 is 34.3 Å². The van der Waals surface area contributed by atoms with Crippen LogP contribution in [0.1, 0.15) is 55.3 Å². The number of amides is 1. The van der Waals surface area contributed by atoms with Crippen LogP contribution in [-0.4, -0.2) is 31.6 Å². The number of fused-ring (bicyclic) bond motifs is 1. The number of thioether (sulfide) groups is 1. The molecule has 2 aromatic carbocycles. The van der Waals surface area contributed by atoms with Crippen LogP contribution in [0.15, 0.2) is 58.2 Å². The van der Waals surface area contributed by atoms with Crippen LogP contribution in [0.4, 0.5) is 5.82 Å². The van der Waals surface area contributed by atoms with Gasteiger partial charge in [-0.2, -0.15) is 0 Å². The highest BCUT2D eigenvalue weighted by molar-refractivity contribution is 7.99. The Labute approximate surface area is 196 Å². The number of carbonyl (C=O) groups excluding carboxylic acids is 1. The van der Waals surface area contributed by atoms with Gasteiger partial charge in [-0.15, -0.1) is 10.2 Å². The Morgan fingerprint density at radius 3 is 2.76 bits per heavy atom. The molecule has 2 aromatic heterocycles. The fraction of sp³-hybridized carbons (Fsp3) is 0.360. The number of nitrogens with zero attached hydrogens (tertiary/aromatic N) is 4. The molecule has 1 aliphatic carbocycles. The molecule has 7 nitrogen and oxygen atoms in total. The third kappa shape index (κ3) is 4.95. The molecule has 0 saturated heterocycles. The van der Waals surface area contributed by atoms with E-state index < -0.39 is 0 Å². The van der Waals surface area contributed by atoms with E-state index in [0.717, 1.165) is 30.2 Å². The van der Waals surface area contributed by atoms with Crippen LogP contribution < -0.4 is 5.32 Å². The summed E-state index contributed by atoms with van der Waals surface area (Å²) < 4.78 is 7.31. The van der Waals surface area contributed by atoms with E-state index in [1.807, 2.05) is 0 Å². The lowest BCUT2D eigenvalue weighted by Crippen LogP contribution is -2.18. The maximum absolute atomic E-state index is 12.5. The van der Waals surface area contributed by atoms with Gasteiger partial charge in [-0.3, -0.25) is 4.79 Å². The quantitative estimate of drug-likeness (QED) is 0.363. The molecule has 33 heavy (non-hydrogen) atoms. The van der Waals surface area contributed by atoms with Crippen molar-refractivity contribution in [3.63, 3.8) is 0 Å². The highest BCUT2D eigenvalue weighted by Crippen LogP contribution is 2.34. The minimum atomic E-state index is -0.137. The summed E-state index contributed by atoms with van der Waals surface area (Å²) in [6, 6.07) is 16.9. The molecule has 0 spiro atoms. The number of carbonyl (C=O) groups is 1. The first-order valence-corrected chi connectivity index (χ1v) is 12.4.